The predicted octanol–water partition coefficient (Wildman–Crippen LogP) is 2.30. The van der Waals surface area contributed by atoms with Gasteiger partial charge >= 0.3 is 8.80 Å². The van der Waals surface area contributed by atoms with E-state index in [1.54, 1.807) is 21.3 Å². The van der Waals surface area contributed by atoms with E-state index >= 15 is 0 Å². The summed E-state index contributed by atoms with van der Waals surface area (Å²) in [5.74, 6) is 0.608. The van der Waals surface area contributed by atoms with Gasteiger partial charge in [0.1, 0.15) is 0 Å². The first-order valence-corrected chi connectivity index (χ1v) is 6.72. The summed E-state index contributed by atoms with van der Waals surface area (Å²) in [5, 5.41) is 0. The van der Waals surface area contributed by atoms with Gasteiger partial charge in [0, 0.05) is 27.4 Å². The van der Waals surface area contributed by atoms with E-state index < -0.39 is 8.80 Å². The van der Waals surface area contributed by atoms with E-state index in [0.29, 0.717) is 5.92 Å². The van der Waals surface area contributed by atoms with E-state index in [0.717, 1.165) is 6.04 Å². The van der Waals surface area contributed by atoms with Crippen LogP contribution in [0.2, 0.25) is 6.04 Å². The molecular weight excluding hydrogens is 184 g/mol. The molecule has 13 heavy (non-hydrogen) atoms. The van der Waals surface area contributed by atoms with E-state index in [1.807, 2.05) is 0 Å². The zero-order valence-electron chi connectivity index (χ0n) is 9.42. The van der Waals surface area contributed by atoms with Crippen molar-refractivity contribution in [3.8, 4) is 0 Å². The molecule has 0 aliphatic carbocycles. The average molecular weight is 206 g/mol. The van der Waals surface area contributed by atoms with Gasteiger partial charge in [0.15, 0.2) is 0 Å². The van der Waals surface area contributed by atoms with E-state index in [9.17, 15) is 0 Å². The van der Waals surface area contributed by atoms with Crippen LogP contribution in [0, 0.1) is 5.92 Å². The third-order valence-corrected chi connectivity index (χ3v) is 5.38. The lowest BCUT2D eigenvalue weighted by atomic mass is 10.1. The van der Waals surface area contributed by atoms with Gasteiger partial charge in [-0.15, -0.1) is 0 Å². The van der Waals surface area contributed by atoms with E-state index in [-0.39, 0.29) is 0 Å². The van der Waals surface area contributed by atoms with Gasteiger partial charge in [-0.2, -0.15) is 0 Å². The van der Waals surface area contributed by atoms with Crippen LogP contribution in [0.4, 0.5) is 0 Å². The number of hydrogen-bond acceptors (Lipinski definition) is 3. The minimum atomic E-state index is -2.32. The Labute approximate surface area is 82.8 Å². The largest absolute Gasteiger partial charge is 0.500 e. The third kappa shape index (κ3) is 4.22. The van der Waals surface area contributed by atoms with Gasteiger partial charge in [0.25, 0.3) is 0 Å². The molecule has 4 heteroatoms. The summed E-state index contributed by atoms with van der Waals surface area (Å²) in [7, 11) is 2.68. The predicted molar refractivity (Wildman–Crippen MR) is 55.7 cm³/mol. The first kappa shape index (κ1) is 13.1. The third-order valence-electron chi connectivity index (χ3n) is 2.31. The van der Waals surface area contributed by atoms with Crippen LogP contribution in [0.1, 0.15) is 26.7 Å². The van der Waals surface area contributed by atoms with Crippen molar-refractivity contribution in [2.75, 3.05) is 21.3 Å². The summed E-state index contributed by atoms with van der Waals surface area (Å²) in [6, 6.07) is 0.907. The van der Waals surface area contributed by atoms with Gasteiger partial charge in [-0.1, -0.05) is 26.7 Å². The smallest absolute Gasteiger partial charge is 0.377 e. The minimum Gasteiger partial charge on any atom is -0.377 e. The lowest BCUT2D eigenvalue weighted by Gasteiger charge is -2.26. The zero-order valence-corrected chi connectivity index (χ0v) is 10.4. The molecule has 0 aliphatic heterocycles. The maximum atomic E-state index is 5.35. The highest BCUT2D eigenvalue weighted by Crippen LogP contribution is 2.22. The van der Waals surface area contributed by atoms with Crippen LogP contribution in [-0.4, -0.2) is 30.1 Å². The number of hydrogen-bond donors (Lipinski definition) is 0. The molecule has 0 saturated heterocycles. The molecule has 0 rings (SSSR count). The second kappa shape index (κ2) is 6.54. The topological polar surface area (TPSA) is 27.7 Å². The summed E-state index contributed by atoms with van der Waals surface area (Å²) >= 11 is 0. The first-order chi connectivity index (χ1) is 6.14. The number of rotatable bonds is 7. The fraction of sp³-hybridized carbons (Fsp3) is 1.00. The quantitative estimate of drug-likeness (QED) is 0.598. The first-order valence-electron chi connectivity index (χ1n) is 4.79. The molecule has 0 N–H and O–H groups in total. The molecule has 0 heterocycles. The SMILES string of the molecule is CCCC(C)C[Si](OC)(OC)OC. The van der Waals surface area contributed by atoms with Crippen molar-refractivity contribution in [3.63, 3.8) is 0 Å². The summed E-state index contributed by atoms with van der Waals surface area (Å²) in [5.41, 5.74) is 0. The summed E-state index contributed by atoms with van der Waals surface area (Å²) < 4.78 is 16.0. The molecule has 0 fully saturated rings. The molecule has 0 saturated carbocycles. The van der Waals surface area contributed by atoms with Gasteiger partial charge in [-0.05, 0) is 5.92 Å². The van der Waals surface area contributed by atoms with Crippen LogP contribution < -0.4 is 0 Å². The molecule has 0 aliphatic rings. The molecule has 0 spiro atoms. The maximum Gasteiger partial charge on any atom is 0.500 e. The van der Waals surface area contributed by atoms with Gasteiger partial charge in [-0.3, -0.25) is 0 Å². The standard InChI is InChI=1S/C9H22O3Si/c1-6-7-9(2)8-13(10-3,11-4)12-5/h9H,6-8H2,1-5H3. The Morgan fingerprint density at radius 2 is 1.54 bits per heavy atom. The van der Waals surface area contributed by atoms with Crippen molar-refractivity contribution in [2.24, 2.45) is 5.92 Å². The molecule has 0 radical (unpaired) electrons. The van der Waals surface area contributed by atoms with Crippen LogP contribution in [0.5, 0.6) is 0 Å². The maximum absolute atomic E-state index is 5.35. The van der Waals surface area contributed by atoms with Crippen molar-refractivity contribution in [1.82, 2.24) is 0 Å². The van der Waals surface area contributed by atoms with Crippen molar-refractivity contribution >= 4 is 8.80 Å². The lowest BCUT2D eigenvalue weighted by molar-refractivity contribution is 0.118. The van der Waals surface area contributed by atoms with Crippen LogP contribution in [0.3, 0.4) is 0 Å². The van der Waals surface area contributed by atoms with Gasteiger partial charge in [0.2, 0.25) is 0 Å². The van der Waals surface area contributed by atoms with E-state index in [2.05, 4.69) is 13.8 Å². The summed E-state index contributed by atoms with van der Waals surface area (Å²) in [4.78, 5) is 0. The Bertz CT molecular complexity index is 118. The zero-order chi connectivity index (χ0) is 10.3. The highest BCUT2D eigenvalue weighted by atomic mass is 28.4. The Hall–Kier alpha value is 0.0969. The van der Waals surface area contributed by atoms with Crippen molar-refractivity contribution in [3.05, 3.63) is 0 Å². The Balaban J connectivity index is 4.07. The van der Waals surface area contributed by atoms with Crippen LogP contribution in [-0.2, 0) is 13.3 Å². The molecular formula is C9H22O3Si. The van der Waals surface area contributed by atoms with Gasteiger partial charge < -0.3 is 13.3 Å². The van der Waals surface area contributed by atoms with Gasteiger partial charge in [0.05, 0.1) is 0 Å². The second-order valence-electron chi connectivity index (χ2n) is 3.39. The Morgan fingerprint density at radius 3 is 1.85 bits per heavy atom. The monoisotopic (exact) mass is 206 g/mol. The van der Waals surface area contributed by atoms with Crippen LogP contribution in [0.25, 0.3) is 0 Å². The molecule has 0 aromatic heterocycles. The average Bonchev–Trinajstić information content (AvgIpc) is 2.15. The summed E-state index contributed by atoms with van der Waals surface area (Å²) in [6.45, 7) is 4.40. The minimum absolute atomic E-state index is 0.608. The molecule has 1 atom stereocenters. The van der Waals surface area contributed by atoms with Crippen LogP contribution in [0.15, 0.2) is 0 Å². The van der Waals surface area contributed by atoms with Gasteiger partial charge in [-0.25, -0.2) is 0 Å². The second-order valence-corrected chi connectivity index (χ2v) is 6.39. The molecule has 0 aromatic carbocycles. The van der Waals surface area contributed by atoms with E-state index in [1.165, 1.54) is 12.8 Å². The molecule has 1 unspecified atom stereocenters. The highest BCUT2D eigenvalue weighted by molar-refractivity contribution is 6.60. The molecule has 0 aromatic rings. The fourth-order valence-electron chi connectivity index (χ4n) is 1.52. The molecule has 3 nitrogen and oxygen atoms in total. The Kier molecular flexibility index (Phi) is 6.58. The summed E-state index contributed by atoms with van der Waals surface area (Å²) in [6.07, 6.45) is 2.40. The molecule has 0 bridgehead atoms. The van der Waals surface area contributed by atoms with Crippen molar-refractivity contribution < 1.29 is 13.3 Å². The molecule has 0 amide bonds. The van der Waals surface area contributed by atoms with Crippen molar-refractivity contribution in [1.29, 1.82) is 0 Å². The fourth-order valence-corrected chi connectivity index (χ4v) is 3.58. The van der Waals surface area contributed by atoms with E-state index in [4.69, 9.17) is 13.3 Å². The normalized spacial score (nSPS) is 14.5. The lowest BCUT2D eigenvalue weighted by Crippen LogP contribution is -2.44. The van der Waals surface area contributed by atoms with Crippen LogP contribution >= 0.6 is 0 Å². The van der Waals surface area contributed by atoms with Crippen molar-refractivity contribution in [2.45, 2.75) is 32.7 Å². The Morgan fingerprint density at radius 1 is 1.08 bits per heavy atom. The molecule has 80 valence electrons. The highest BCUT2D eigenvalue weighted by Gasteiger charge is 2.38.